The third-order valence-corrected chi connectivity index (χ3v) is 3.76. The molecule has 0 aliphatic rings. The lowest BCUT2D eigenvalue weighted by atomic mass is 10.2. The zero-order valence-corrected chi connectivity index (χ0v) is 10.4. The first-order chi connectivity index (χ1) is 8.65. The Kier molecular flexibility index (Phi) is 2.59. The van der Waals surface area contributed by atoms with Crippen LogP contribution < -0.4 is 0 Å². The number of hydrogen-bond acceptors (Lipinski definition) is 2. The molecule has 90 valence electrons. The highest BCUT2D eigenvalue weighted by Gasteiger charge is 2.15. The van der Waals surface area contributed by atoms with Crippen LogP contribution in [0.15, 0.2) is 36.4 Å². The van der Waals surface area contributed by atoms with Crippen molar-refractivity contribution in [2.75, 3.05) is 0 Å². The van der Waals surface area contributed by atoms with Crippen molar-refractivity contribution in [2.45, 2.75) is 6.92 Å². The van der Waals surface area contributed by atoms with Gasteiger partial charge in [-0.05, 0) is 36.8 Å². The molecule has 0 aliphatic carbocycles. The number of benzene rings is 2. The number of nitrogens with zero attached hydrogens (tertiary/aromatic N) is 1. The van der Waals surface area contributed by atoms with E-state index in [9.17, 15) is 8.78 Å². The summed E-state index contributed by atoms with van der Waals surface area (Å²) in [5, 5.41) is 0.381. The summed E-state index contributed by atoms with van der Waals surface area (Å²) >= 11 is 1.30. The summed E-state index contributed by atoms with van der Waals surface area (Å²) in [6, 6.07) is 9.61. The summed E-state index contributed by atoms with van der Waals surface area (Å²) < 4.78 is 28.3. The molecule has 4 heteroatoms. The van der Waals surface area contributed by atoms with Crippen LogP contribution >= 0.6 is 11.3 Å². The topological polar surface area (TPSA) is 12.9 Å². The lowest BCUT2D eigenvalue weighted by molar-refractivity contribution is 0.589. The molecule has 0 N–H and O–H groups in total. The zero-order chi connectivity index (χ0) is 12.7. The molecule has 0 aliphatic heterocycles. The van der Waals surface area contributed by atoms with Crippen LogP contribution in [-0.4, -0.2) is 4.98 Å². The summed E-state index contributed by atoms with van der Waals surface area (Å²) in [5.74, 6) is -1.16. The van der Waals surface area contributed by atoms with Gasteiger partial charge in [0.1, 0.15) is 16.6 Å². The van der Waals surface area contributed by atoms with Gasteiger partial charge in [0.05, 0.1) is 15.8 Å². The van der Waals surface area contributed by atoms with E-state index in [1.165, 1.54) is 29.5 Å². The van der Waals surface area contributed by atoms with Gasteiger partial charge in [0.25, 0.3) is 0 Å². The average Bonchev–Trinajstić information content (AvgIpc) is 2.71. The minimum atomic E-state index is -0.578. The second-order valence-electron chi connectivity index (χ2n) is 4.09. The Morgan fingerprint density at radius 3 is 2.50 bits per heavy atom. The third-order valence-electron chi connectivity index (χ3n) is 2.72. The number of thiazole rings is 1. The van der Waals surface area contributed by atoms with E-state index >= 15 is 0 Å². The third kappa shape index (κ3) is 1.78. The fourth-order valence-electron chi connectivity index (χ4n) is 1.84. The minimum Gasteiger partial charge on any atom is -0.236 e. The number of halogens is 2. The van der Waals surface area contributed by atoms with Crippen LogP contribution in [-0.2, 0) is 0 Å². The molecule has 0 radical (unpaired) electrons. The summed E-state index contributed by atoms with van der Waals surface area (Å²) in [5.41, 5.74) is 1.83. The van der Waals surface area contributed by atoms with E-state index in [2.05, 4.69) is 4.98 Å². The van der Waals surface area contributed by atoms with Gasteiger partial charge in [-0.15, -0.1) is 11.3 Å². The van der Waals surface area contributed by atoms with Crippen molar-refractivity contribution < 1.29 is 8.78 Å². The first-order valence-electron chi connectivity index (χ1n) is 5.47. The molecule has 0 atom stereocenters. The Balaban J connectivity index is 2.26. The molecule has 0 unspecified atom stereocenters. The second-order valence-corrected chi connectivity index (χ2v) is 5.12. The SMILES string of the molecule is Cc1ccc2nc(-c3c(F)cccc3F)sc2c1. The van der Waals surface area contributed by atoms with Crippen LogP contribution in [0.1, 0.15) is 5.56 Å². The van der Waals surface area contributed by atoms with Crippen LogP contribution in [0.3, 0.4) is 0 Å². The Labute approximate surface area is 107 Å². The molecule has 1 nitrogen and oxygen atoms in total. The van der Waals surface area contributed by atoms with Gasteiger partial charge in [0.2, 0.25) is 0 Å². The number of rotatable bonds is 1. The molecule has 0 bridgehead atoms. The molecule has 3 rings (SSSR count). The van der Waals surface area contributed by atoms with Crippen molar-refractivity contribution >= 4 is 21.6 Å². The lowest BCUT2D eigenvalue weighted by Crippen LogP contribution is -1.88. The average molecular weight is 261 g/mol. The van der Waals surface area contributed by atoms with Crippen molar-refractivity contribution in [1.29, 1.82) is 0 Å². The molecule has 1 heterocycles. The second kappa shape index (κ2) is 4.14. The summed E-state index contributed by atoms with van der Waals surface area (Å²) in [6.07, 6.45) is 0. The fraction of sp³-hybridized carbons (Fsp3) is 0.0714. The summed E-state index contributed by atoms with van der Waals surface area (Å²) in [4.78, 5) is 4.28. The van der Waals surface area contributed by atoms with Crippen LogP contribution in [0.5, 0.6) is 0 Å². The van der Waals surface area contributed by atoms with Crippen molar-refractivity contribution in [2.24, 2.45) is 0 Å². The van der Waals surface area contributed by atoms with E-state index < -0.39 is 11.6 Å². The number of fused-ring (bicyclic) bond motifs is 1. The Morgan fingerprint density at radius 2 is 1.78 bits per heavy atom. The van der Waals surface area contributed by atoms with Gasteiger partial charge >= 0.3 is 0 Å². The van der Waals surface area contributed by atoms with Crippen molar-refractivity contribution in [3.8, 4) is 10.6 Å². The van der Waals surface area contributed by atoms with Crippen LogP contribution in [0, 0.1) is 18.6 Å². The highest BCUT2D eigenvalue weighted by atomic mass is 32.1. The van der Waals surface area contributed by atoms with Crippen molar-refractivity contribution in [3.05, 3.63) is 53.6 Å². The van der Waals surface area contributed by atoms with Crippen LogP contribution in [0.25, 0.3) is 20.8 Å². The zero-order valence-electron chi connectivity index (χ0n) is 9.58. The molecule has 0 saturated carbocycles. The molecule has 0 amide bonds. The molecule has 0 spiro atoms. The standard InChI is InChI=1S/C14H9F2NS/c1-8-5-6-11-12(7-8)18-14(17-11)13-9(15)3-2-4-10(13)16/h2-7H,1H3. The van der Waals surface area contributed by atoms with E-state index in [1.807, 2.05) is 25.1 Å². The molecule has 0 fully saturated rings. The quantitative estimate of drug-likeness (QED) is 0.626. The lowest BCUT2D eigenvalue weighted by Gasteiger charge is -1.99. The van der Waals surface area contributed by atoms with Gasteiger partial charge in [-0.1, -0.05) is 12.1 Å². The smallest absolute Gasteiger partial charge is 0.136 e. The molecular weight excluding hydrogens is 252 g/mol. The number of aromatic nitrogens is 1. The Hall–Kier alpha value is -1.81. The number of hydrogen-bond donors (Lipinski definition) is 0. The molecule has 2 aromatic carbocycles. The maximum absolute atomic E-state index is 13.7. The first-order valence-corrected chi connectivity index (χ1v) is 6.28. The first kappa shape index (κ1) is 11.3. The van der Waals surface area contributed by atoms with Gasteiger partial charge in [-0.3, -0.25) is 0 Å². The fourth-order valence-corrected chi connectivity index (χ4v) is 2.95. The van der Waals surface area contributed by atoms with Crippen LogP contribution in [0.2, 0.25) is 0 Å². The van der Waals surface area contributed by atoms with Gasteiger partial charge in [0, 0.05) is 0 Å². The number of aryl methyl sites for hydroxylation is 1. The highest BCUT2D eigenvalue weighted by molar-refractivity contribution is 7.21. The van der Waals surface area contributed by atoms with E-state index in [-0.39, 0.29) is 5.56 Å². The minimum absolute atomic E-state index is 0.0450. The molecule has 1 aromatic heterocycles. The molecule has 3 aromatic rings. The monoisotopic (exact) mass is 261 g/mol. The maximum Gasteiger partial charge on any atom is 0.136 e. The van der Waals surface area contributed by atoms with E-state index in [4.69, 9.17) is 0 Å². The molecule has 0 saturated heterocycles. The Morgan fingerprint density at radius 1 is 1.06 bits per heavy atom. The van der Waals surface area contributed by atoms with Gasteiger partial charge in [-0.2, -0.15) is 0 Å². The molecular formula is C14H9F2NS. The molecule has 18 heavy (non-hydrogen) atoms. The van der Waals surface area contributed by atoms with Crippen molar-refractivity contribution in [1.82, 2.24) is 4.98 Å². The normalized spacial score (nSPS) is 11.1. The van der Waals surface area contributed by atoms with Gasteiger partial charge in [-0.25, -0.2) is 13.8 Å². The van der Waals surface area contributed by atoms with Gasteiger partial charge in [0.15, 0.2) is 0 Å². The predicted octanol–water partition coefficient (Wildman–Crippen LogP) is 4.55. The summed E-state index contributed by atoms with van der Waals surface area (Å²) in [6.45, 7) is 1.97. The largest absolute Gasteiger partial charge is 0.236 e. The van der Waals surface area contributed by atoms with Crippen LogP contribution in [0.4, 0.5) is 8.78 Å². The maximum atomic E-state index is 13.7. The Bertz CT molecular complexity index is 713. The van der Waals surface area contributed by atoms with Crippen molar-refractivity contribution in [3.63, 3.8) is 0 Å². The summed E-state index contributed by atoms with van der Waals surface area (Å²) in [7, 11) is 0. The highest BCUT2D eigenvalue weighted by Crippen LogP contribution is 2.33. The predicted molar refractivity (Wildman–Crippen MR) is 69.7 cm³/mol. The van der Waals surface area contributed by atoms with E-state index in [0.717, 1.165) is 15.8 Å². The van der Waals surface area contributed by atoms with Gasteiger partial charge < -0.3 is 0 Å². The van der Waals surface area contributed by atoms with E-state index in [0.29, 0.717) is 5.01 Å². The van der Waals surface area contributed by atoms with E-state index in [1.54, 1.807) is 0 Å².